The van der Waals surface area contributed by atoms with Crippen molar-refractivity contribution in [3.63, 3.8) is 0 Å². The number of hydrogen-bond acceptors (Lipinski definition) is 3. The molecule has 0 amide bonds. The Morgan fingerprint density at radius 1 is 1.36 bits per heavy atom. The van der Waals surface area contributed by atoms with E-state index in [0.717, 1.165) is 13.0 Å². The predicted molar refractivity (Wildman–Crippen MR) is 47.5 cm³/mol. The summed E-state index contributed by atoms with van der Waals surface area (Å²) in [6, 6.07) is 0. The molecule has 0 fully saturated rings. The van der Waals surface area contributed by atoms with Gasteiger partial charge in [0.2, 0.25) is 0 Å². The van der Waals surface area contributed by atoms with E-state index in [1.54, 1.807) is 0 Å². The molecule has 1 atom stereocenters. The lowest BCUT2D eigenvalue weighted by molar-refractivity contribution is 0.370. The summed E-state index contributed by atoms with van der Waals surface area (Å²) in [4.78, 5) is 2.06. The molecule has 11 heavy (non-hydrogen) atoms. The van der Waals surface area contributed by atoms with Crippen LogP contribution in [0.2, 0.25) is 0 Å². The minimum absolute atomic E-state index is 0.290. The molecule has 4 heteroatoms. The van der Waals surface area contributed by atoms with Crippen molar-refractivity contribution in [2.75, 3.05) is 26.4 Å². The van der Waals surface area contributed by atoms with Gasteiger partial charge in [-0.2, -0.15) is 0 Å². The highest BCUT2D eigenvalue weighted by molar-refractivity contribution is 7.72. The Morgan fingerprint density at radius 3 is 2.27 bits per heavy atom. The number of nitrogens with zero attached hydrogens (tertiary/aromatic N) is 1. The first-order chi connectivity index (χ1) is 5.02. The Labute approximate surface area is 70.3 Å². The summed E-state index contributed by atoms with van der Waals surface area (Å²) in [5.74, 6) is 0.613. The lowest BCUT2D eigenvalue weighted by Crippen LogP contribution is -2.17. The van der Waals surface area contributed by atoms with Crippen molar-refractivity contribution in [2.45, 2.75) is 13.3 Å². The van der Waals surface area contributed by atoms with Gasteiger partial charge in [-0.1, -0.05) is 6.92 Å². The first kappa shape index (κ1) is 10.9. The molecule has 0 aliphatic carbocycles. The maximum Gasteiger partial charge on any atom is 0.140 e. The van der Waals surface area contributed by atoms with Gasteiger partial charge in [-0.25, -0.2) is 8.42 Å². The first-order valence-corrected chi connectivity index (χ1v) is 5.15. The van der Waals surface area contributed by atoms with E-state index in [1.165, 1.54) is 0 Å². The van der Waals surface area contributed by atoms with Gasteiger partial charge >= 0.3 is 0 Å². The highest BCUT2D eigenvalue weighted by atomic mass is 32.2. The monoisotopic (exact) mass is 179 g/mol. The van der Waals surface area contributed by atoms with E-state index in [4.69, 9.17) is 0 Å². The van der Waals surface area contributed by atoms with E-state index in [2.05, 4.69) is 4.90 Å². The van der Waals surface area contributed by atoms with Gasteiger partial charge in [0.25, 0.3) is 0 Å². The van der Waals surface area contributed by atoms with Crippen LogP contribution in [-0.4, -0.2) is 39.7 Å². The van der Waals surface area contributed by atoms with Crippen LogP contribution in [0.15, 0.2) is 0 Å². The van der Waals surface area contributed by atoms with Gasteiger partial charge in [0.05, 0.1) is 5.75 Å². The van der Waals surface area contributed by atoms with Gasteiger partial charge in [-0.3, -0.25) is 0 Å². The Hall–Kier alpha value is -0.0900. The fourth-order valence-electron chi connectivity index (χ4n) is 0.824. The third kappa shape index (κ3) is 7.81. The molecule has 0 aromatic rings. The van der Waals surface area contributed by atoms with Crippen LogP contribution in [0.3, 0.4) is 0 Å². The molecular weight excluding hydrogens is 162 g/mol. The van der Waals surface area contributed by atoms with Crippen molar-refractivity contribution >= 4 is 10.7 Å². The van der Waals surface area contributed by atoms with Crippen LogP contribution in [-0.2, 0) is 10.7 Å². The zero-order valence-electron chi connectivity index (χ0n) is 7.41. The summed E-state index contributed by atoms with van der Waals surface area (Å²) in [6.45, 7) is 2.93. The zero-order valence-corrected chi connectivity index (χ0v) is 8.30. The molecule has 0 saturated heterocycles. The van der Waals surface area contributed by atoms with Crippen molar-refractivity contribution in [1.29, 1.82) is 0 Å². The molecule has 3 nitrogen and oxygen atoms in total. The molecule has 0 aliphatic rings. The second kappa shape index (κ2) is 5.55. The van der Waals surface area contributed by atoms with Crippen molar-refractivity contribution in [3.05, 3.63) is 0 Å². The van der Waals surface area contributed by atoms with E-state index in [-0.39, 0.29) is 0 Å². The molecule has 0 aromatic carbocycles. The van der Waals surface area contributed by atoms with Crippen molar-refractivity contribution < 1.29 is 8.42 Å². The highest BCUT2D eigenvalue weighted by Gasteiger charge is 2.03. The fraction of sp³-hybridized carbons (Fsp3) is 1.00. The summed E-state index contributed by atoms with van der Waals surface area (Å²) >= 11 is 0. The van der Waals surface area contributed by atoms with Crippen LogP contribution in [0, 0.1) is 5.92 Å². The Bertz CT molecular complexity index is 158. The second-order valence-electron chi connectivity index (χ2n) is 3.21. The molecular formula is C7H17NO2S. The molecule has 68 valence electrons. The lowest BCUT2D eigenvalue weighted by atomic mass is 10.1. The van der Waals surface area contributed by atoms with Gasteiger partial charge < -0.3 is 4.90 Å². The van der Waals surface area contributed by atoms with Gasteiger partial charge in [-0.15, -0.1) is 0 Å². The van der Waals surface area contributed by atoms with E-state index in [9.17, 15) is 8.42 Å². The molecule has 1 unspecified atom stereocenters. The molecule has 0 rings (SSSR count). The summed E-state index contributed by atoms with van der Waals surface area (Å²) in [6.07, 6.45) is 0.955. The van der Waals surface area contributed by atoms with Gasteiger partial charge in [0, 0.05) is 0 Å². The average Bonchev–Trinajstić information content (AvgIpc) is 1.82. The normalized spacial score (nSPS) is 14.3. The summed E-state index contributed by atoms with van der Waals surface area (Å²) in [7, 11) is 1.79. The van der Waals surface area contributed by atoms with Gasteiger partial charge in [-0.05, 0) is 33.0 Å². The van der Waals surface area contributed by atoms with Crippen LogP contribution >= 0.6 is 0 Å². The van der Waals surface area contributed by atoms with E-state index in [0.29, 0.717) is 11.7 Å². The lowest BCUT2D eigenvalue weighted by Gasteiger charge is -2.12. The molecule has 0 spiro atoms. The molecule has 0 aliphatic heterocycles. The van der Waals surface area contributed by atoms with E-state index in [1.807, 2.05) is 21.0 Å². The molecule has 0 saturated carbocycles. The van der Waals surface area contributed by atoms with Crippen molar-refractivity contribution in [1.82, 2.24) is 4.90 Å². The smallest absolute Gasteiger partial charge is 0.140 e. The standard InChI is InChI=1S/C7H17NO2S/c1-7(6-11(9)10)4-5-8(2)3/h7,11H,4-6H2,1-3H3. The van der Waals surface area contributed by atoms with Crippen molar-refractivity contribution in [3.8, 4) is 0 Å². The summed E-state index contributed by atoms with van der Waals surface area (Å²) in [5.41, 5.74) is 0. The van der Waals surface area contributed by atoms with Crippen molar-refractivity contribution in [2.24, 2.45) is 5.92 Å². The Balaban J connectivity index is 3.44. The minimum Gasteiger partial charge on any atom is -0.309 e. The molecule has 0 aromatic heterocycles. The SMILES string of the molecule is CC(CCN(C)C)C[SH](=O)=O. The third-order valence-electron chi connectivity index (χ3n) is 1.53. The van der Waals surface area contributed by atoms with Crippen LogP contribution < -0.4 is 0 Å². The van der Waals surface area contributed by atoms with Gasteiger partial charge in [0.15, 0.2) is 0 Å². The fourth-order valence-corrected chi connectivity index (χ4v) is 1.52. The first-order valence-electron chi connectivity index (χ1n) is 3.79. The Kier molecular flexibility index (Phi) is 5.50. The Morgan fingerprint density at radius 2 is 1.91 bits per heavy atom. The van der Waals surface area contributed by atoms with Crippen LogP contribution in [0.1, 0.15) is 13.3 Å². The summed E-state index contributed by atoms with van der Waals surface area (Å²) < 4.78 is 20.6. The van der Waals surface area contributed by atoms with Crippen LogP contribution in [0.5, 0.6) is 0 Å². The number of rotatable bonds is 5. The highest BCUT2D eigenvalue weighted by Crippen LogP contribution is 2.01. The zero-order chi connectivity index (χ0) is 8.85. The van der Waals surface area contributed by atoms with Crippen LogP contribution in [0.25, 0.3) is 0 Å². The molecule has 0 heterocycles. The topological polar surface area (TPSA) is 37.4 Å². The minimum atomic E-state index is -2.19. The quantitative estimate of drug-likeness (QED) is 0.612. The predicted octanol–water partition coefficient (Wildman–Crippen LogP) is 0.186. The van der Waals surface area contributed by atoms with Gasteiger partial charge in [0.1, 0.15) is 10.7 Å². The number of hydrogen-bond donors (Lipinski definition) is 1. The number of thiol groups is 1. The largest absolute Gasteiger partial charge is 0.309 e. The second-order valence-corrected chi connectivity index (χ2v) is 4.24. The maximum absolute atomic E-state index is 10.3. The maximum atomic E-state index is 10.3. The molecule has 0 radical (unpaired) electrons. The molecule has 0 N–H and O–H groups in total. The molecule has 0 bridgehead atoms. The third-order valence-corrected chi connectivity index (χ3v) is 2.45. The van der Waals surface area contributed by atoms with E-state index >= 15 is 0 Å². The average molecular weight is 179 g/mol. The summed E-state index contributed by atoms with van der Waals surface area (Å²) in [5, 5.41) is 0. The van der Waals surface area contributed by atoms with Crippen LogP contribution in [0.4, 0.5) is 0 Å². The van der Waals surface area contributed by atoms with E-state index < -0.39 is 10.7 Å².